The first kappa shape index (κ1) is 16.8. The van der Waals surface area contributed by atoms with Crippen LogP contribution in [0.25, 0.3) is 11.4 Å². The molecule has 1 aromatic heterocycles. The Kier molecular flexibility index (Phi) is 5.04. The van der Waals surface area contributed by atoms with E-state index in [0.717, 1.165) is 24.2 Å². The van der Waals surface area contributed by atoms with Crippen molar-refractivity contribution in [2.45, 2.75) is 31.1 Å². The van der Waals surface area contributed by atoms with Crippen LogP contribution in [0, 0.1) is 0 Å². The Balaban J connectivity index is 1.65. The number of hydrogen-bond acceptors (Lipinski definition) is 5. The number of hydrogen-bond donors (Lipinski definition) is 0. The number of carbonyl (C=O) groups is 1. The first-order valence-corrected chi connectivity index (χ1v) is 8.43. The molecule has 2 heterocycles. The quantitative estimate of drug-likeness (QED) is 0.793. The summed E-state index contributed by atoms with van der Waals surface area (Å²) in [6.07, 6.45) is 1.61. The topological polar surface area (TPSA) is 68.5 Å². The maximum atomic E-state index is 11.9. The van der Waals surface area contributed by atoms with Crippen LogP contribution in [0.5, 0.6) is 5.75 Å². The van der Waals surface area contributed by atoms with Gasteiger partial charge in [-0.3, -0.25) is 4.79 Å². The Morgan fingerprint density at radius 2 is 2.00 bits per heavy atom. The summed E-state index contributed by atoms with van der Waals surface area (Å²) in [4.78, 5) is 18.2. The lowest BCUT2D eigenvalue weighted by atomic mass is 9.96. The fourth-order valence-corrected chi connectivity index (χ4v) is 2.99. The normalized spacial score (nSPS) is 16.9. The fraction of sp³-hybridized carbons (Fsp3) is 0.471. The molecule has 1 aliphatic heterocycles. The number of ether oxygens (including phenoxy) is 1. The second-order valence-electron chi connectivity index (χ2n) is 5.90. The zero-order valence-corrected chi connectivity index (χ0v) is 14.5. The van der Waals surface area contributed by atoms with Gasteiger partial charge in [0.15, 0.2) is 0 Å². The second kappa shape index (κ2) is 7.21. The van der Waals surface area contributed by atoms with Crippen LogP contribution >= 0.6 is 11.6 Å². The van der Waals surface area contributed by atoms with E-state index < -0.39 is 5.38 Å². The molecule has 1 saturated heterocycles. The van der Waals surface area contributed by atoms with Gasteiger partial charge in [0.25, 0.3) is 0 Å². The monoisotopic (exact) mass is 349 g/mol. The molecule has 0 bridgehead atoms. The molecule has 1 aliphatic rings. The molecule has 0 radical (unpaired) electrons. The number of rotatable bonds is 4. The van der Waals surface area contributed by atoms with Crippen molar-refractivity contribution >= 4 is 17.5 Å². The summed E-state index contributed by atoms with van der Waals surface area (Å²) >= 11 is 5.87. The summed E-state index contributed by atoms with van der Waals surface area (Å²) in [6.45, 7) is 3.04. The van der Waals surface area contributed by atoms with E-state index in [2.05, 4.69) is 10.1 Å². The number of likely N-dealkylation sites (tertiary alicyclic amines) is 1. The number of carbonyl (C=O) groups excluding carboxylic acids is 1. The van der Waals surface area contributed by atoms with Gasteiger partial charge < -0.3 is 14.2 Å². The number of piperidine rings is 1. The molecular weight excluding hydrogens is 330 g/mol. The minimum atomic E-state index is -0.480. The van der Waals surface area contributed by atoms with Crippen LogP contribution in [0.2, 0.25) is 0 Å². The van der Waals surface area contributed by atoms with E-state index >= 15 is 0 Å². The summed E-state index contributed by atoms with van der Waals surface area (Å²) in [5.74, 6) is 2.15. The highest BCUT2D eigenvalue weighted by molar-refractivity contribution is 6.30. The zero-order chi connectivity index (χ0) is 17.1. The highest BCUT2D eigenvalue weighted by Gasteiger charge is 2.28. The van der Waals surface area contributed by atoms with Crippen LogP contribution in [0.1, 0.15) is 31.6 Å². The minimum Gasteiger partial charge on any atom is -0.497 e. The Morgan fingerprint density at radius 3 is 2.58 bits per heavy atom. The molecule has 0 N–H and O–H groups in total. The summed E-state index contributed by atoms with van der Waals surface area (Å²) in [5, 5.41) is 3.59. The molecule has 1 unspecified atom stereocenters. The van der Waals surface area contributed by atoms with E-state index in [0.29, 0.717) is 24.8 Å². The summed E-state index contributed by atoms with van der Waals surface area (Å²) < 4.78 is 10.6. The lowest BCUT2D eigenvalue weighted by Crippen LogP contribution is -2.41. The molecule has 1 atom stereocenters. The first-order valence-electron chi connectivity index (χ1n) is 7.99. The van der Waals surface area contributed by atoms with E-state index in [4.69, 9.17) is 20.9 Å². The molecule has 1 amide bonds. The van der Waals surface area contributed by atoms with Crippen LogP contribution in [-0.2, 0) is 4.79 Å². The van der Waals surface area contributed by atoms with Gasteiger partial charge in [0, 0.05) is 24.6 Å². The SMILES string of the molecule is COc1ccc(-c2noc(C3CCN(C(=O)C(C)Cl)CC3)n2)cc1. The van der Waals surface area contributed by atoms with Crippen molar-refractivity contribution in [1.82, 2.24) is 15.0 Å². The number of amides is 1. The highest BCUT2D eigenvalue weighted by Crippen LogP contribution is 2.29. The minimum absolute atomic E-state index is 0.0143. The van der Waals surface area contributed by atoms with E-state index in [1.54, 1.807) is 18.9 Å². The van der Waals surface area contributed by atoms with Gasteiger partial charge in [0.05, 0.1) is 7.11 Å². The van der Waals surface area contributed by atoms with Gasteiger partial charge in [-0.15, -0.1) is 11.6 Å². The van der Waals surface area contributed by atoms with Crippen LogP contribution < -0.4 is 4.74 Å². The van der Waals surface area contributed by atoms with E-state index in [1.807, 2.05) is 24.3 Å². The average molecular weight is 350 g/mol. The van der Waals surface area contributed by atoms with Crippen LogP contribution in [0.15, 0.2) is 28.8 Å². The molecular formula is C17H20ClN3O3. The number of aromatic nitrogens is 2. The Morgan fingerprint density at radius 1 is 1.33 bits per heavy atom. The number of benzene rings is 1. The molecule has 1 fully saturated rings. The van der Waals surface area contributed by atoms with Gasteiger partial charge in [-0.05, 0) is 44.0 Å². The molecule has 24 heavy (non-hydrogen) atoms. The van der Waals surface area contributed by atoms with Gasteiger partial charge in [-0.25, -0.2) is 0 Å². The largest absolute Gasteiger partial charge is 0.497 e. The van der Waals surface area contributed by atoms with Crippen molar-refractivity contribution in [2.24, 2.45) is 0 Å². The van der Waals surface area contributed by atoms with Crippen molar-refractivity contribution in [1.29, 1.82) is 0 Å². The molecule has 2 aromatic rings. The lowest BCUT2D eigenvalue weighted by molar-refractivity contribution is -0.131. The Hall–Kier alpha value is -2.08. The van der Waals surface area contributed by atoms with E-state index in [-0.39, 0.29) is 11.8 Å². The number of halogens is 1. The van der Waals surface area contributed by atoms with Gasteiger partial charge in [0.2, 0.25) is 17.6 Å². The highest BCUT2D eigenvalue weighted by atomic mass is 35.5. The van der Waals surface area contributed by atoms with E-state index in [9.17, 15) is 4.79 Å². The predicted octanol–water partition coefficient (Wildman–Crippen LogP) is 3.08. The molecule has 0 saturated carbocycles. The maximum Gasteiger partial charge on any atom is 0.240 e. The Labute approximate surface area is 145 Å². The fourth-order valence-electron chi connectivity index (χ4n) is 2.86. The van der Waals surface area contributed by atoms with Crippen molar-refractivity contribution in [3.05, 3.63) is 30.2 Å². The molecule has 7 heteroatoms. The second-order valence-corrected chi connectivity index (χ2v) is 6.55. The molecule has 128 valence electrons. The van der Waals surface area contributed by atoms with Crippen molar-refractivity contribution in [2.75, 3.05) is 20.2 Å². The van der Waals surface area contributed by atoms with Crippen molar-refractivity contribution in [3.63, 3.8) is 0 Å². The summed E-state index contributed by atoms with van der Waals surface area (Å²) in [6, 6.07) is 7.53. The molecule has 0 spiro atoms. The van der Waals surface area contributed by atoms with E-state index in [1.165, 1.54) is 0 Å². The van der Waals surface area contributed by atoms with Crippen molar-refractivity contribution in [3.8, 4) is 17.1 Å². The smallest absolute Gasteiger partial charge is 0.240 e. The summed E-state index contributed by atoms with van der Waals surface area (Å²) in [5.41, 5.74) is 0.884. The molecule has 3 rings (SSSR count). The lowest BCUT2D eigenvalue weighted by Gasteiger charge is -2.31. The molecule has 1 aromatic carbocycles. The number of nitrogens with zero attached hydrogens (tertiary/aromatic N) is 3. The van der Waals surface area contributed by atoms with Crippen molar-refractivity contribution < 1.29 is 14.1 Å². The average Bonchev–Trinajstić information content (AvgIpc) is 3.11. The Bertz CT molecular complexity index is 691. The first-order chi connectivity index (χ1) is 11.6. The number of methoxy groups -OCH3 is 1. The number of alkyl halides is 1. The van der Waals surface area contributed by atoms with Crippen LogP contribution in [0.3, 0.4) is 0 Å². The zero-order valence-electron chi connectivity index (χ0n) is 13.7. The third kappa shape index (κ3) is 3.53. The third-order valence-electron chi connectivity index (χ3n) is 4.29. The molecule has 6 nitrogen and oxygen atoms in total. The predicted molar refractivity (Wildman–Crippen MR) is 90.2 cm³/mol. The molecule has 0 aliphatic carbocycles. The standard InChI is InChI=1S/C17H20ClN3O3/c1-11(18)17(22)21-9-7-13(8-10-21)16-19-15(20-24-16)12-3-5-14(23-2)6-4-12/h3-6,11,13H,7-10H2,1-2H3. The van der Waals surface area contributed by atoms with Crippen LogP contribution in [0.4, 0.5) is 0 Å². The van der Waals surface area contributed by atoms with Gasteiger partial charge in [-0.2, -0.15) is 4.98 Å². The third-order valence-corrected chi connectivity index (χ3v) is 4.47. The maximum absolute atomic E-state index is 11.9. The van der Waals surface area contributed by atoms with Gasteiger partial charge in [-0.1, -0.05) is 5.16 Å². The van der Waals surface area contributed by atoms with Gasteiger partial charge in [0.1, 0.15) is 11.1 Å². The summed E-state index contributed by atoms with van der Waals surface area (Å²) in [7, 11) is 1.63. The van der Waals surface area contributed by atoms with Gasteiger partial charge >= 0.3 is 0 Å². The van der Waals surface area contributed by atoms with Crippen LogP contribution in [-0.4, -0.2) is 46.5 Å².